The van der Waals surface area contributed by atoms with Gasteiger partial charge in [-0.3, -0.25) is 0 Å². The first kappa shape index (κ1) is 18.0. The molecule has 8 nitrogen and oxygen atoms in total. The van der Waals surface area contributed by atoms with Crippen LogP contribution in [-0.4, -0.2) is 36.3 Å². The van der Waals surface area contributed by atoms with E-state index in [0.717, 1.165) is 50.6 Å². The van der Waals surface area contributed by atoms with Crippen LogP contribution in [0.4, 0.5) is 5.69 Å². The zero-order valence-electron chi connectivity index (χ0n) is 15.6. The van der Waals surface area contributed by atoms with Crippen molar-refractivity contribution in [3.8, 4) is 5.88 Å². The molecule has 2 aliphatic carbocycles. The molecule has 0 radical (unpaired) electrons. The van der Waals surface area contributed by atoms with Crippen LogP contribution in [0.25, 0.3) is 0 Å². The molecular formula is C19H24N4O4S. The van der Waals surface area contributed by atoms with Gasteiger partial charge in [0.1, 0.15) is 0 Å². The third kappa shape index (κ3) is 2.98. The van der Waals surface area contributed by atoms with Gasteiger partial charge in [0.15, 0.2) is 11.2 Å². The summed E-state index contributed by atoms with van der Waals surface area (Å²) in [6.45, 7) is 1.07. The molecule has 1 aromatic carbocycles. The molecule has 9 heteroatoms. The number of nitrogens with zero attached hydrogens (tertiary/aromatic N) is 2. The number of aliphatic hydroxyl groups excluding tert-OH is 1. The minimum atomic E-state index is -3.98. The molecule has 1 aliphatic heterocycles. The molecule has 150 valence electrons. The van der Waals surface area contributed by atoms with Crippen molar-refractivity contribution in [2.24, 2.45) is 0 Å². The van der Waals surface area contributed by atoms with Crippen LogP contribution in [0.15, 0.2) is 17.2 Å². The summed E-state index contributed by atoms with van der Waals surface area (Å²) in [6, 6.07) is 2.29. The second kappa shape index (κ2) is 6.75. The minimum Gasteiger partial charge on any atom is -0.477 e. The topological polar surface area (TPSA) is 105 Å². The Morgan fingerprint density at radius 2 is 1.82 bits per heavy atom. The molecule has 0 spiro atoms. The Kier molecular flexibility index (Phi) is 4.33. The van der Waals surface area contributed by atoms with E-state index < -0.39 is 16.4 Å². The van der Waals surface area contributed by atoms with E-state index in [1.807, 2.05) is 0 Å². The number of aromatic nitrogens is 2. The van der Waals surface area contributed by atoms with E-state index in [0.29, 0.717) is 13.2 Å². The lowest BCUT2D eigenvalue weighted by Gasteiger charge is -2.22. The molecule has 1 aromatic heterocycles. The van der Waals surface area contributed by atoms with Crippen molar-refractivity contribution in [2.75, 3.05) is 11.9 Å². The first-order valence-corrected chi connectivity index (χ1v) is 11.3. The Balaban J connectivity index is 1.40. The van der Waals surface area contributed by atoms with Crippen LogP contribution in [0.5, 0.6) is 5.88 Å². The van der Waals surface area contributed by atoms with Gasteiger partial charge in [0.2, 0.25) is 5.88 Å². The Morgan fingerprint density at radius 3 is 2.54 bits per heavy atom. The molecule has 0 fully saturated rings. The highest BCUT2D eigenvalue weighted by molar-refractivity contribution is 7.89. The van der Waals surface area contributed by atoms with Crippen LogP contribution in [0.1, 0.15) is 41.5 Å². The van der Waals surface area contributed by atoms with E-state index in [2.05, 4.69) is 21.2 Å². The van der Waals surface area contributed by atoms with Gasteiger partial charge in [0, 0.05) is 18.7 Å². The fourth-order valence-corrected chi connectivity index (χ4v) is 5.66. The first-order chi connectivity index (χ1) is 13.5. The van der Waals surface area contributed by atoms with E-state index in [1.54, 1.807) is 0 Å². The van der Waals surface area contributed by atoms with Gasteiger partial charge in [-0.05, 0) is 60.8 Å². The summed E-state index contributed by atoms with van der Waals surface area (Å²) in [5, 5.41) is 17.7. The second-order valence-electron chi connectivity index (χ2n) is 7.64. The average molecular weight is 404 g/mol. The standard InChI is InChI=1S/C19H24N4O4S/c24-19(22-28(25,26)16-11-20-23-8-3-9-27-18(16)23)21-17-14-6-1-4-12(14)10-13-5-2-7-15(13)17/h10-11,19,21-22,24H,1-9H2. The van der Waals surface area contributed by atoms with Gasteiger partial charge >= 0.3 is 0 Å². The maximum Gasteiger partial charge on any atom is 0.251 e. The third-order valence-electron chi connectivity index (χ3n) is 5.82. The van der Waals surface area contributed by atoms with E-state index in [1.165, 1.54) is 33.1 Å². The Labute approximate surface area is 163 Å². The largest absolute Gasteiger partial charge is 0.477 e. The molecule has 2 aromatic rings. The molecule has 0 bridgehead atoms. The van der Waals surface area contributed by atoms with Gasteiger partial charge in [-0.15, -0.1) is 0 Å². The van der Waals surface area contributed by atoms with Crippen LogP contribution in [0.2, 0.25) is 0 Å². The fraction of sp³-hybridized carbons (Fsp3) is 0.526. The van der Waals surface area contributed by atoms with Gasteiger partial charge in [-0.2, -0.15) is 9.82 Å². The number of ether oxygens (including phenoxy) is 1. The maximum atomic E-state index is 12.8. The Bertz CT molecular complexity index is 999. The minimum absolute atomic E-state index is 0.0448. The fourth-order valence-electron chi connectivity index (χ4n) is 4.60. The van der Waals surface area contributed by atoms with Crippen LogP contribution in [0, 0.1) is 0 Å². The Hall–Kier alpha value is -2.10. The zero-order chi connectivity index (χ0) is 19.3. The molecule has 1 unspecified atom stereocenters. The molecule has 28 heavy (non-hydrogen) atoms. The number of hydrogen-bond acceptors (Lipinski definition) is 6. The highest BCUT2D eigenvalue weighted by atomic mass is 32.2. The van der Waals surface area contributed by atoms with Crippen LogP contribution in [-0.2, 0) is 42.3 Å². The molecule has 2 heterocycles. The number of aliphatic hydroxyl groups is 1. The predicted octanol–water partition coefficient (Wildman–Crippen LogP) is 1.31. The van der Waals surface area contributed by atoms with E-state index in [9.17, 15) is 13.5 Å². The molecule has 0 saturated carbocycles. The van der Waals surface area contributed by atoms with Gasteiger partial charge in [-0.25, -0.2) is 13.1 Å². The Morgan fingerprint density at radius 1 is 1.11 bits per heavy atom. The van der Waals surface area contributed by atoms with E-state index in [4.69, 9.17) is 4.74 Å². The maximum absolute atomic E-state index is 12.8. The van der Waals surface area contributed by atoms with Crippen molar-refractivity contribution in [3.05, 3.63) is 34.5 Å². The third-order valence-corrected chi connectivity index (χ3v) is 7.22. The average Bonchev–Trinajstić information content (AvgIpc) is 3.39. The highest BCUT2D eigenvalue weighted by Gasteiger charge is 2.30. The normalized spacial score (nSPS) is 18.9. The molecule has 3 N–H and O–H groups in total. The van der Waals surface area contributed by atoms with Gasteiger partial charge in [0.25, 0.3) is 10.0 Å². The van der Waals surface area contributed by atoms with Gasteiger partial charge in [0.05, 0.1) is 12.8 Å². The monoisotopic (exact) mass is 404 g/mol. The lowest BCUT2D eigenvalue weighted by atomic mass is 9.99. The summed E-state index contributed by atoms with van der Waals surface area (Å²) in [4.78, 5) is -0.0448. The number of benzene rings is 1. The lowest BCUT2D eigenvalue weighted by molar-refractivity contribution is 0.191. The summed E-state index contributed by atoms with van der Waals surface area (Å²) < 4.78 is 34.9. The number of rotatable bonds is 5. The molecular weight excluding hydrogens is 380 g/mol. The summed E-state index contributed by atoms with van der Waals surface area (Å²) in [5.41, 5.74) is 5.97. The SMILES string of the molecule is O=S(=O)(NC(O)Nc1c2c(cc3c1CCC3)CCC2)c1cnn2c1OCCC2. The number of anilines is 1. The quantitative estimate of drug-likeness (QED) is 0.649. The molecule has 0 amide bonds. The summed E-state index contributed by atoms with van der Waals surface area (Å²) in [5.74, 6) is 0.229. The zero-order valence-corrected chi connectivity index (χ0v) is 16.4. The summed E-state index contributed by atoms with van der Waals surface area (Å²) in [7, 11) is -3.98. The lowest BCUT2D eigenvalue weighted by Crippen LogP contribution is -2.40. The van der Waals surface area contributed by atoms with Crippen LogP contribution in [0.3, 0.4) is 0 Å². The molecule has 3 aliphatic rings. The number of fused-ring (bicyclic) bond motifs is 3. The number of hydrogen-bond donors (Lipinski definition) is 3. The second-order valence-corrected chi connectivity index (χ2v) is 9.32. The van der Waals surface area contributed by atoms with Crippen molar-refractivity contribution < 1.29 is 18.3 Å². The molecule has 5 rings (SSSR count). The van der Waals surface area contributed by atoms with Crippen LogP contribution < -0.4 is 14.8 Å². The number of nitrogens with one attached hydrogen (secondary N) is 2. The first-order valence-electron chi connectivity index (χ1n) is 9.85. The molecule has 1 atom stereocenters. The highest BCUT2D eigenvalue weighted by Crippen LogP contribution is 2.38. The van der Waals surface area contributed by atoms with Crippen molar-refractivity contribution >= 4 is 15.7 Å². The predicted molar refractivity (Wildman–Crippen MR) is 103 cm³/mol. The van der Waals surface area contributed by atoms with E-state index >= 15 is 0 Å². The number of aryl methyl sites for hydroxylation is 3. The van der Waals surface area contributed by atoms with Crippen molar-refractivity contribution in [1.29, 1.82) is 0 Å². The smallest absolute Gasteiger partial charge is 0.251 e. The summed E-state index contributed by atoms with van der Waals surface area (Å²) >= 11 is 0. The summed E-state index contributed by atoms with van der Waals surface area (Å²) in [6.07, 6.45) is 6.80. The van der Waals surface area contributed by atoms with Gasteiger partial charge < -0.3 is 15.2 Å². The van der Waals surface area contributed by atoms with Gasteiger partial charge in [-0.1, -0.05) is 6.07 Å². The van der Waals surface area contributed by atoms with E-state index in [-0.39, 0.29) is 10.8 Å². The van der Waals surface area contributed by atoms with Crippen LogP contribution >= 0.6 is 0 Å². The van der Waals surface area contributed by atoms with Crippen molar-refractivity contribution in [3.63, 3.8) is 0 Å². The van der Waals surface area contributed by atoms with Crippen molar-refractivity contribution in [1.82, 2.24) is 14.5 Å². The number of sulfonamides is 1. The molecule has 0 saturated heterocycles. The van der Waals surface area contributed by atoms with Crippen molar-refractivity contribution in [2.45, 2.75) is 62.7 Å².